The van der Waals surface area contributed by atoms with Crippen molar-refractivity contribution in [2.45, 2.75) is 13.5 Å². The highest BCUT2D eigenvalue weighted by molar-refractivity contribution is 5.81. The van der Waals surface area contributed by atoms with E-state index in [1.54, 1.807) is 0 Å². The van der Waals surface area contributed by atoms with Crippen molar-refractivity contribution in [3.8, 4) is 0 Å². The SMILES string of the molecule is CNCc1n[nH]c2cc(C)ccc12. The molecule has 2 rings (SSSR count). The quantitative estimate of drug-likeness (QED) is 0.727. The molecule has 13 heavy (non-hydrogen) atoms. The predicted octanol–water partition coefficient (Wildman–Crippen LogP) is 1.59. The van der Waals surface area contributed by atoms with E-state index in [-0.39, 0.29) is 0 Å². The highest BCUT2D eigenvalue weighted by Crippen LogP contribution is 2.16. The minimum Gasteiger partial charge on any atom is -0.314 e. The first-order chi connectivity index (χ1) is 6.31. The molecule has 0 amide bonds. The van der Waals surface area contributed by atoms with E-state index >= 15 is 0 Å². The summed E-state index contributed by atoms with van der Waals surface area (Å²) < 4.78 is 0. The molecule has 0 bridgehead atoms. The van der Waals surface area contributed by atoms with Gasteiger partial charge in [-0.1, -0.05) is 12.1 Å². The van der Waals surface area contributed by atoms with Gasteiger partial charge in [0, 0.05) is 11.9 Å². The van der Waals surface area contributed by atoms with E-state index in [2.05, 4.69) is 40.6 Å². The fourth-order valence-electron chi connectivity index (χ4n) is 1.49. The number of H-pyrrole nitrogens is 1. The number of fused-ring (bicyclic) bond motifs is 1. The Morgan fingerprint density at radius 3 is 3.08 bits per heavy atom. The Balaban J connectivity index is 2.55. The zero-order valence-electron chi connectivity index (χ0n) is 7.89. The van der Waals surface area contributed by atoms with Crippen LogP contribution in [0.3, 0.4) is 0 Å². The second-order valence-electron chi connectivity index (χ2n) is 3.25. The Morgan fingerprint density at radius 1 is 1.46 bits per heavy atom. The smallest absolute Gasteiger partial charge is 0.0838 e. The molecule has 1 aromatic heterocycles. The molecule has 1 aromatic carbocycles. The summed E-state index contributed by atoms with van der Waals surface area (Å²) in [6.45, 7) is 2.89. The largest absolute Gasteiger partial charge is 0.314 e. The van der Waals surface area contributed by atoms with Crippen molar-refractivity contribution in [3.05, 3.63) is 29.5 Å². The van der Waals surface area contributed by atoms with E-state index in [9.17, 15) is 0 Å². The highest BCUT2D eigenvalue weighted by Gasteiger charge is 2.03. The third-order valence-corrected chi connectivity index (χ3v) is 2.14. The van der Waals surface area contributed by atoms with Gasteiger partial charge in [0.1, 0.15) is 0 Å². The summed E-state index contributed by atoms with van der Waals surface area (Å²) in [6, 6.07) is 6.33. The summed E-state index contributed by atoms with van der Waals surface area (Å²) in [4.78, 5) is 0. The minimum atomic E-state index is 0.809. The first kappa shape index (κ1) is 8.26. The average molecular weight is 175 g/mol. The number of benzene rings is 1. The van der Waals surface area contributed by atoms with E-state index in [1.807, 2.05) is 7.05 Å². The number of rotatable bonds is 2. The molecule has 0 radical (unpaired) electrons. The average Bonchev–Trinajstić information content (AvgIpc) is 2.49. The van der Waals surface area contributed by atoms with Crippen LogP contribution in [0.15, 0.2) is 18.2 Å². The zero-order chi connectivity index (χ0) is 9.26. The van der Waals surface area contributed by atoms with Gasteiger partial charge < -0.3 is 5.32 Å². The Labute approximate surface area is 77.2 Å². The maximum atomic E-state index is 4.24. The number of aromatic amines is 1. The lowest BCUT2D eigenvalue weighted by Crippen LogP contribution is -2.05. The van der Waals surface area contributed by atoms with Crippen LogP contribution in [0.2, 0.25) is 0 Å². The van der Waals surface area contributed by atoms with Crippen LogP contribution in [-0.2, 0) is 6.54 Å². The van der Waals surface area contributed by atoms with Crippen LogP contribution < -0.4 is 5.32 Å². The first-order valence-electron chi connectivity index (χ1n) is 4.39. The lowest BCUT2D eigenvalue weighted by Gasteiger charge is -1.95. The molecule has 1 heterocycles. The van der Waals surface area contributed by atoms with Crippen LogP contribution in [-0.4, -0.2) is 17.2 Å². The topological polar surface area (TPSA) is 40.7 Å². The molecule has 0 saturated carbocycles. The Morgan fingerprint density at radius 2 is 2.31 bits per heavy atom. The number of hydrogen-bond donors (Lipinski definition) is 2. The molecule has 68 valence electrons. The molecule has 3 heteroatoms. The van der Waals surface area contributed by atoms with Gasteiger partial charge in [-0.2, -0.15) is 5.10 Å². The molecule has 0 aliphatic rings. The van der Waals surface area contributed by atoms with Crippen LogP contribution >= 0.6 is 0 Å². The Bertz CT molecular complexity index is 417. The summed E-state index contributed by atoms with van der Waals surface area (Å²) in [5.41, 5.74) is 3.45. The van der Waals surface area contributed by atoms with Crippen LogP contribution in [0.5, 0.6) is 0 Å². The molecule has 0 spiro atoms. The molecule has 2 N–H and O–H groups in total. The lowest BCUT2D eigenvalue weighted by atomic mass is 10.1. The molecular weight excluding hydrogens is 162 g/mol. The second-order valence-corrected chi connectivity index (χ2v) is 3.25. The van der Waals surface area contributed by atoms with Gasteiger partial charge in [0.05, 0.1) is 11.2 Å². The number of nitrogens with one attached hydrogen (secondary N) is 2. The van der Waals surface area contributed by atoms with Gasteiger partial charge in [-0.3, -0.25) is 5.10 Å². The van der Waals surface area contributed by atoms with Gasteiger partial charge in [-0.25, -0.2) is 0 Å². The molecule has 3 nitrogen and oxygen atoms in total. The van der Waals surface area contributed by atoms with Crippen molar-refractivity contribution in [3.63, 3.8) is 0 Å². The van der Waals surface area contributed by atoms with Crippen molar-refractivity contribution in [1.29, 1.82) is 0 Å². The fraction of sp³-hybridized carbons (Fsp3) is 0.300. The van der Waals surface area contributed by atoms with E-state index < -0.39 is 0 Å². The van der Waals surface area contributed by atoms with Gasteiger partial charge in [0.15, 0.2) is 0 Å². The van der Waals surface area contributed by atoms with Crippen molar-refractivity contribution in [1.82, 2.24) is 15.5 Å². The van der Waals surface area contributed by atoms with E-state index in [1.165, 1.54) is 10.9 Å². The Hall–Kier alpha value is -1.35. The van der Waals surface area contributed by atoms with Gasteiger partial charge >= 0.3 is 0 Å². The number of hydrogen-bond acceptors (Lipinski definition) is 2. The second kappa shape index (κ2) is 3.18. The van der Waals surface area contributed by atoms with E-state index in [4.69, 9.17) is 0 Å². The zero-order valence-corrected chi connectivity index (χ0v) is 7.89. The number of nitrogens with zero attached hydrogens (tertiary/aromatic N) is 1. The first-order valence-corrected chi connectivity index (χ1v) is 4.39. The minimum absolute atomic E-state index is 0.809. The van der Waals surface area contributed by atoms with Crippen molar-refractivity contribution in [2.24, 2.45) is 0 Å². The molecule has 0 aliphatic carbocycles. The normalized spacial score (nSPS) is 10.9. The Kier molecular flexibility index (Phi) is 2.02. The monoisotopic (exact) mass is 175 g/mol. The van der Waals surface area contributed by atoms with Crippen LogP contribution in [0, 0.1) is 6.92 Å². The maximum Gasteiger partial charge on any atom is 0.0838 e. The molecule has 2 aromatic rings. The van der Waals surface area contributed by atoms with Crippen LogP contribution in [0.4, 0.5) is 0 Å². The predicted molar refractivity (Wildman–Crippen MR) is 53.6 cm³/mol. The molecule has 0 fully saturated rings. The van der Waals surface area contributed by atoms with Crippen molar-refractivity contribution < 1.29 is 0 Å². The standard InChI is InChI=1S/C10H13N3/c1-7-3-4-8-9(5-7)12-13-10(8)6-11-2/h3-5,11H,6H2,1-2H3,(H,12,13). The van der Waals surface area contributed by atoms with Gasteiger partial charge in [0.2, 0.25) is 0 Å². The third-order valence-electron chi connectivity index (χ3n) is 2.14. The van der Waals surface area contributed by atoms with Gasteiger partial charge in [0.25, 0.3) is 0 Å². The third kappa shape index (κ3) is 1.42. The molecule has 0 unspecified atom stereocenters. The van der Waals surface area contributed by atoms with Gasteiger partial charge in [-0.15, -0.1) is 0 Å². The number of aromatic nitrogens is 2. The summed E-state index contributed by atoms with van der Waals surface area (Å²) in [5.74, 6) is 0. The molecule has 0 saturated heterocycles. The summed E-state index contributed by atoms with van der Waals surface area (Å²) in [6.07, 6.45) is 0. The molecule has 0 atom stereocenters. The fourth-order valence-corrected chi connectivity index (χ4v) is 1.49. The highest BCUT2D eigenvalue weighted by atomic mass is 15.1. The van der Waals surface area contributed by atoms with Crippen molar-refractivity contribution >= 4 is 10.9 Å². The van der Waals surface area contributed by atoms with Crippen LogP contribution in [0.1, 0.15) is 11.3 Å². The molecular formula is C10H13N3. The number of aryl methyl sites for hydroxylation is 1. The lowest BCUT2D eigenvalue weighted by molar-refractivity contribution is 0.789. The summed E-state index contributed by atoms with van der Waals surface area (Å²) in [5, 5.41) is 11.6. The maximum absolute atomic E-state index is 4.24. The van der Waals surface area contributed by atoms with Crippen LogP contribution in [0.25, 0.3) is 10.9 Å². The van der Waals surface area contributed by atoms with E-state index in [0.717, 1.165) is 17.8 Å². The van der Waals surface area contributed by atoms with Gasteiger partial charge in [-0.05, 0) is 25.6 Å². The van der Waals surface area contributed by atoms with E-state index in [0.29, 0.717) is 0 Å². The van der Waals surface area contributed by atoms with Crippen molar-refractivity contribution in [2.75, 3.05) is 7.05 Å². The summed E-state index contributed by atoms with van der Waals surface area (Å²) in [7, 11) is 1.93. The summed E-state index contributed by atoms with van der Waals surface area (Å²) >= 11 is 0. The molecule has 0 aliphatic heterocycles.